The third kappa shape index (κ3) is 3.20. The normalized spacial score (nSPS) is 27.9. The average Bonchev–Trinajstić information content (AvgIpc) is 2.81. The van der Waals surface area contributed by atoms with Crippen molar-refractivity contribution >= 4 is 5.91 Å². The molecule has 2 rings (SSSR count). The Hall–Kier alpha value is -0.570. The van der Waals surface area contributed by atoms with Gasteiger partial charge in [-0.05, 0) is 38.1 Å². The van der Waals surface area contributed by atoms with Crippen molar-refractivity contribution in [2.45, 2.75) is 51.0 Å². The lowest BCUT2D eigenvalue weighted by atomic mass is 9.89. The van der Waals surface area contributed by atoms with Crippen LogP contribution in [0, 0.1) is 5.92 Å². The van der Waals surface area contributed by atoms with Gasteiger partial charge in [-0.15, -0.1) is 0 Å². The lowest BCUT2D eigenvalue weighted by Crippen LogP contribution is -2.42. The van der Waals surface area contributed by atoms with E-state index >= 15 is 0 Å². The summed E-state index contributed by atoms with van der Waals surface area (Å²) in [7, 11) is 0. The summed E-state index contributed by atoms with van der Waals surface area (Å²) in [6.07, 6.45) is 8.84. The highest BCUT2D eigenvalue weighted by Crippen LogP contribution is 2.22. The van der Waals surface area contributed by atoms with Crippen LogP contribution in [0.5, 0.6) is 0 Å². The van der Waals surface area contributed by atoms with Gasteiger partial charge < -0.3 is 10.6 Å². The standard InChI is InChI=1S/C12H22N2O/c15-12(11-7-4-8-13-11)14-9-10-5-2-1-3-6-10/h10-11,13H,1-9H2,(H,14,15)/t11-/m1/s1. The molecule has 0 aromatic carbocycles. The van der Waals surface area contributed by atoms with Crippen LogP contribution in [0.3, 0.4) is 0 Å². The highest BCUT2D eigenvalue weighted by atomic mass is 16.2. The maximum atomic E-state index is 11.7. The molecule has 0 aromatic heterocycles. The van der Waals surface area contributed by atoms with Gasteiger partial charge in [0.15, 0.2) is 0 Å². The molecule has 1 saturated carbocycles. The largest absolute Gasteiger partial charge is 0.354 e. The van der Waals surface area contributed by atoms with Gasteiger partial charge in [-0.2, -0.15) is 0 Å². The van der Waals surface area contributed by atoms with Crippen molar-refractivity contribution in [1.29, 1.82) is 0 Å². The first kappa shape index (κ1) is 10.9. The molecule has 0 aromatic rings. The molecular weight excluding hydrogens is 188 g/mol. The van der Waals surface area contributed by atoms with E-state index < -0.39 is 0 Å². The first-order valence-corrected chi connectivity index (χ1v) is 6.37. The highest BCUT2D eigenvalue weighted by molar-refractivity contribution is 5.81. The Morgan fingerprint density at radius 2 is 1.93 bits per heavy atom. The summed E-state index contributed by atoms with van der Waals surface area (Å²) in [6.45, 7) is 1.90. The van der Waals surface area contributed by atoms with Gasteiger partial charge in [-0.3, -0.25) is 4.79 Å². The van der Waals surface area contributed by atoms with Crippen molar-refractivity contribution in [2.75, 3.05) is 13.1 Å². The molecule has 0 radical (unpaired) electrons. The van der Waals surface area contributed by atoms with Crippen LogP contribution in [-0.2, 0) is 4.79 Å². The van der Waals surface area contributed by atoms with Crippen LogP contribution in [0.25, 0.3) is 0 Å². The van der Waals surface area contributed by atoms with Crippen LogP contribution in [0.1, 0.15) is 44.9 Å². The predicted octanol–water partition coefficient (Wildman–Crippen LogP) is 1.43. The molecule has 1 heterocycles. The summed E-state index contributed by atoms with van der Waals surface area (Å²) >= 11 is 0. The smallest absolute Gasteiger partial charge is 0.237 e. The molecule has 2 N–H and O–H groups in total. The fraction of sp³-hybridized carbons (Fsp3) is 0.917. The fourth-order valence-corrected chi connectivity index (χ4v) is 2.67. The monoisotopic (exact) mass is 210 g/mol. The molecule has 2 fully saturated rings. The van der Waals surface area contributed by atoms with E-state index in [-0.39, 0.29) is 11.9 Å². The lowest BCUT2D eigenvalue weighted by molar-refractivity contribution is -0.123. The van der Waals surface area contributed by atoms with Gasteiger partial charge in [-0.25, -0.2) is 0 Å². The Kier molecular flexibility index (Phi) is 4.01. The van der Waals surface area contributed by atoms with Crippen molar-refractivity contribution in [3.8, 4) is 0 Å². The van der Waals surface area contributed by atoms with Crippen molar-refractivity contribution < 1.29 is 4.79 Å². The zero-order valence-electron chi connectivity index (χ0n) is 9.43. The van der Waals surface area contributed by atoms with Crippen LogP contribution >= 0.6 is 0 Å². The van der Waals surface area contributed by atoms with E-state index in [9.17, 15) is 4.79 Å². The van der Waals surface area contributed by atoms with E-state index in [1.165, 1.54) is 32.1 Å². The van der Waals surface area contributed by atoms with Gasteiger partial charge >= 0.3 is 0 Å². The Morgan fingerprint density at radius 1 is 1.13 bits per heavy atom. The van der Waals surface area contributed by atoms with Gasteiger partial charge in [0.2, 0.25) is 5.91 Å². The third-order valence-electron chi connectivity index (χ3n) is 3.67. The van der Waals surface area contributed by atoms with E-state index in [0.717, 1.165) is 31.8 Å². The summed E-state index contributed by atoms with van der Waals surface area (Å²) in [4.78, 5) is 11.7. The molecule has 1 amide bonds. The molecule has 3 heteroatoms. The molecule has 0 bridgehead atoms. The van der Waals surface area contributed by atoms with Gasteiger partial charge in [0, 0.05) is 6.54 Å². The predicted molar refractivity (Wildman–Crippen MR) is 60.6 cm³/mol. The number of nitrogens with one attached hydrogen (secondary N) is 2. The van der Waals surface area contributed by atoms with Crippen LogP contribution < -0.4 is 10.6 Å². The Labute approximate surface area is 92.0 Å². The molecule has 3 nitrogen and oxygen atoms in total. The highest BCUT2D eigenvalue weighted by Gasteiger charge is 2.22. The molecule has 0 spiro atoms. The van der Waals surface area contributed by atoms with Crippen LogP contribution in [-0.4, -0.2) is 25.0 Å². The van der Waals surface area contributed by atoms with Gasteiger partial charge in [0.05, 0.1) is 6.04 Å². The maximum Gasteiger partial charge on any atom is 0.237 e. The number of carbonyl (C=O) groups is 1. The van der Waals surface area contributed by atoms with Gasteiger partial charge in [-0.1, -0.05) is 19.3 Å². The first-order chi connectivity index (χ1) is 7.36. The Bertz CT molecular complexity index is 206. The van der Waals surface area contributed by atoms with Crippen molar-refractivity contribution in [3.63, 3.8) is 0 Å². The second-order valence-corrected chi connectivity index (χ2v) is 4.90. The van der Waals surface area contributed by atoms with Gasteiger partial charge in [0.25, 0.3) is 0 Å². The Morgan fingerprint density at radius 3 is 2.60 bits per heavy atom. The Balaban J connectivity index is 1.65. The molecule has 1 aliphatic heterocycles. The number of carbonyl (C=O) groups excluding carboxylic acids is 1. The molecule has 1 saturated heterocycles. The van der Waals surface area contributed by atoms with Crippen molar-refractivity contribution in [2.24, 2.45) is 5.92 Å². The quantitative estimate of drug-likeness (QED) is 0.740. The maximum absolute atomic E-state index is 11.7. The minimum Gasteiger partial charge on any atom is -0.354 e. The second-order valence-electron chi connectivity index (χ2n) is 4.90. The molecule has 86 valence electrons. The SMILES string of the molecule is O=C(NCC1CCCCC1)[C@H]1CCCN1. The lowest BCUT2D eigenvalue weighted by Gasteiger charge is -2.22. The molecular formula is C12H22N2O. The van der Waals surface area contributed by atoms with Crippen LogP contribution in [0.15, 0.2) is 0 Å². The molecule has 15 heavy (non-hydrogen) atoms. The number of rotatable bonds is 3. The van der Waals surface area contributed by atoms with Crippen molar-refractivity contribution in [3.05, 3.63) is 0 Å². The number of hydrogen-bond donors (Lipinski definition) is 2. The third-order valence-corrected chi connectivity index (χ3v) is 3.67. The minimum absolute atomic E-state index is 0.0913. The first-order valence-electron chi connectivity index (χ1n) is 6.37. The number of hydrogen-bond acceptors (Lipinski definition) is 2. The molecule has 0 unspecified atom stereocenters. The average molecular weight is 210 g/mol. The van der Waals surface area contributed by atoms with E-state index in [2.05, 4.69) is 10.6 Å². The van der Waals surface area contributed by atoms with E-state index in [0.29, 0.717) is 0 Å². The summed E-state index contributed by atoms with van der Waals surface area (Å²) in [5.74, 6) is 0.960. The molecule has 1 aliphatic carbocycles. The zero-order chi connectivity index (χ0) is 10.5. The summed E-state index contributed by atoms with van der Waals surface area (Å²) in [6, 6.07) is 0.0913. The fourth-order valence-electron chi connectivity index (χ4n) is 2.67. The zero-order valence-corrected chi connectivity index (χ0v) is 9.43. The van der Waals surface area contributed by atoms with Crippen LogP contribution in [0.4, 0.5) is 0 Å². The van der Waals surface area contributed by atoms with Crippen molar-refractivity contribution in [1.82, 2.24) is 10.6 Å². The van der Waals surface area contributed by atoms with E-state index in [1.54, 1.807) is 0 Å². The topological polar surface area (TPSA) is 41.1 Å². The molecule has 1 atom stereocenters. The molecule has 2 aliphatic rings. The van der Waals surface area contributed by atoms with E-state index in [1.807, 2.05) is 0 Å². The summed E-state index contributed by atoms with van der Waals surface area (Å²) in [5.41, 5.74) is 0. The number of amides is 1. The minimum atomic E-state index is 0.0913. The van der Waals surface area contributed by atoms with Crippen LogP contribution in [0.2, 0.25) is 0 Å². The summed E-state index contributed by atoms with van der Waals surface area (Å²) in [5, 5.41) is 6.32. The van der Waals surface area contributed by atoms with Gasteiger partial charge in [0.1, 0.15) is 0 Å². The van der Waals surface area contributed by atoms with E-state index in [4.69, 9.17) is 0 Å². The summed E-state index contributed by atoms with van der Waals surface area (Å²) < 4.78 is 0. The second kappa shape index (κ2) is 5.50.